The smallest absolute Gasteiger partial charge is 0.251 e. The minimum atomic E-state index is -0.315. The van der Waals surface area contributed by atoms with E-state index in [-0.39, 0.29) is 25.1 Å². The summed E-state index contributed by atoms with van der Waals surface area (Å²) in [6.45, 7) is 0.283. The van der Waals surface area contributed by atoms with Gasteiger partial charge in [0.05, 0.1) is 11.6 Å². The maximum Gasteiger partial charge on any atom is 0.251 e. The standard InChI is InChI=1S/C19H13ClFNO4/c20-15-7-12(8-17-18(15)25-10-24-17)19(23)22-9-14-5-6-16(26-14)11-1-3-13(21)4-2-11/h1-8H,9-10H2,(H,22,23). The number of ether oxygens (including phenoxy) is 2. The normalized spacial score (nSPS) is 12.2. The lowest BCUT2D eigenvalue weighted by molar-refractivity contribution is 0.0947. The monoisotopic (exact) mass is 373 g/mol. The average molecular weight is 374 g/mol. The number of carbonyl (C=O) groups is 1. The molecule has 0 atom stereocenters. The van der Waals surface area contributed by atoms with Crippen molar-refractivity contribution in [1.82, 2.24) is 5.32 Å². The van der Waals surface area contributed by atoms with Crippen LogP contribution in [0.3, 0.4) is 0 Å². The van der Waals surface area contributed by atoms with Gasteiger partial charge < -0.3 is 19.2 Å². The molecule has 1 amide bonds. The van der Waals surface area contributed by atoms with E-state index in [2.05, 4.69) is 5.32 Å². The predicted molar refractivity (Wildman–Crippen MR) is 92.8 cm³/mol. The average Bonchev–Trinajstić information content (AvgIpc) is 3.29. The molecule has 2 heterocycles. The molecule has 0 radical (unpaired) electrons. The number of fused-ring (bicyclic) bond motifs is 1. The Morgan fingerprint density at radius 1 is 1.12 bits per heavy atom. The highest BCUT2D eigenvalue weighted by atomic mass is 35.5. The predicted octanol–water partition coefficient (Wildman–Crippen LogP) is 4.40. The molecule has 26 heavy (non-hydrogen) atoms. The minimum absolute atomic E-state index is 0.0820. The number of benzene rings is 2. The molecule has 3 aromatic rings. The van der Waals surface area contributed by atoms with Crippen molar-refractivity contribution in [2.75, 3.05) is 6.79 Å². The highest BCUT2D eigenvalue weighted by Gasteiger charge is 2.20. The number of halogens is 2. The molecule has 132 valence electrons. The van der Waals surface area contributed by atoms with E-state index in [0.29, 0.717) is 33.6 Å². The molecule has 0 bridgehead atoms. The van der Waals surface area contributed by atoms with Gasteiger partial charge in [0, 0.05) is 11.1 Å². The van der Waals surface area contributed by atoms with Crippen molar-refractivity contribution < 1.29 is 23.1 Å². The number of hydrogen-bond acceptors (Lipinski definition) is 4. The van der Waals surface area contributed by atoms with Gasteiger partial charge in [0.1, 0.15) is 17.3 Å². The van der Waals surface area contributed by atoms with Crippen LogP contribution in [0.1, 0.15) is 16.1 Å². The summed E-state index contributed by atoms with van der Waals surface area (Å²) in [6.07, 6.45) is 0. The summed E-state index contributed by atoms with van der Waals surface area (Å²) >= 11 is 6.09. The Morgan fingerprint density at radius 2 is 1.92 bits per heavy atom. The fraction of sp³-hybridized carbons (Fsp3) is 0.105. The summed E-state index contributed by atoms with van der Waals surface area (Å²) in [4.78, 5) is 12.3. The SMILES string of the molecule is O=C(NCc1ccc(-c2ccc(F)cc2)o1)c1cc(Cl)c2c(c1)OCO2. The Morgan fingerprint density at radius 3 is 2.73 bits per heavy atom. The molecule has 0 saturated carbocycles. The van der Waals surface area contributed by atoms with Crippen LogP contribution in [0.15, 0.2) is 52.9 Å². The van der Waals surface area contributed by atoms with E-state index in [1.54, 1.807) is 30.3 Å². The van der Waals surface area contributed by atoms with Crippen LogP contribution in [0.25, 0.3) is 11.3 Å². The van der Waals surface area contributed by atoms with Gasteiger partial charge in [-0.05, 0) is 48.5 Å². The molecule has 4 rings (SSSR count). The fourth-order valence-electron chi connectivity index (χ4n) is 2.61. The molecule has 1 aromatic heterocycles. The number of hydrogen-bond donors (Lipinski definition) is 1. The molecule has 0 fully saturated rings. The molecular formula is C19H13ClFNO4. The minimum Gasteiger partial charge on any atom is -0.459 e. The zero-order valence-electron chi connectivity index (χ0n) is 13.4. The van der Waals surface area contributed by atoms with E-state index in [4.69, 9.17) is 25.5 Å². The molecule has 0 aliphatic carbocycles. The number of carbonyl (C=O) groups excluding carboxylic acids is 1. The highest BCUT2D eigenvalue weighted by Crippen LogP contribution is 2.39. The van der Waals surface area contributed by atoms with E-state index in [9.17, 15) is 9.18 Å². The Kier molecular flexibility index (Phi) is 4.26. The van der Waals surface area contributed by atoms with Crippen molar-refractivity contribution >= 4 is 17.5 Å². The van der Waals surface area contributed by atoms with E-state index in [1.807, 2.05) is 0 Å². The summed E-state index contributed by atoms with van der Waals surface area (Å²) < 4.78 is 29.2. The molecule has 7 heteroatoms. The van der Waals surface area contributed by atoms with Gasteiger partial charge in [-0.2, -0.15) is 0 Å². The Balaban J connectivity index is 1.44. The lowest BCUT2D eigenvalue weighted by Crippen LogP contribution is -2.22. The maximum absolute atomic E-state index is 13.0. The first kappa shape index (κ1) is 16.5. The van der Waals surface area contributed by atoms with Crippen LogP contribution >= 0.6 is 11.6 Å². The van der Waals surface area contributed by atoms with Gasteiger partial charge in [0.2, 0.25) is 6.79 Å². The van der Waals surface area contributed by atoms with Crippen molar-refractivity contribution in [2.45, 2.75) is 6.54 Å². The summed E-state index contributed by atoms with van der Waals surface area (Å²) in [5, 5.41) is 3.08. The molecule has 0 saturated heterocycles. The maximum atomic E-state index is 13.0. The van der Waals surface area contributed by atoms with Crippen LogP contribution < -0.4 is 14.8 Å². The zero-order chi connectivity index (χ0) is 18.1. The molecule has 0 unspecified atom stereocenters. The first-order valence-electron chi connectivity index (χ1n) is 7.82. The number of nitrogens with one attached hydrogen (secondary N) is 1. The van der Waals surface area contributed by atoms with Gasteiger partial charge in [-0.3, -0.25) is 4.79 Å². The number of rotatable bonds is 4. The van der Waals surface area contributed by atoms with E-state index in [0.717, 1.165) is 5.56 Å². The third kappa shape index (κ3) is 3.23. The van der Waals surface area contributed by atoms with Crippen LogP contribution in [0, 0.1) is 5.82 Å². The van der Waals surface area contributed by atoms with Crippen molar-refractivity contribution in [3.8, 4) is 22.8 Å². The molecule has 5 nitrogen and oxygen atoms in total. The zero-order valence-corrected chi connectivity index (χ0v) is 14.2. The van der Waals surface area contributed by atoms with Crippen LogP contribution in [-0.4, -0.2) is 12.7 Å². The Labute approximate surface area is 153 Å². The lowest BCUT2D eigenvalue weighted by atomic mass is 10.2. The second-order valence-electron chi connectivity index (χ2n) is 5.65. The van der Waals surface area contributed by atoms with Crippen molar-refractivity contribution in [2.24, 2.45) is 0 Å². The summed E-state index contributed by atoms with van der Waals surface area (Å²) in [6, 6.07) is 12.6. The second kappa shape index (κ2) is 6.72. The highest BCUT2D eigenvalue weighted by molar-refractivity contribution is 6.32. The fourth-order valence-corrected chi connectivity index (χ4v) is 2.88. The van der Waals surface area contributed by atoms with Crippen molar-refractivity contribution in [1.29, 1.82) is 0 Å². The topological polar surface area (TPSA) is 60.7 Å². The number of amides is 1. The van der Waals surface area contributed by atoms with E-state index < -0.39 is 0 Å². The molecule has 1 N–H and O–H groups in total. The van der Waals surface area contributed by atoms with Gasteiger partial charge >= 0.3 is 0 Å². The van der Waals surface area contributed by atoms with Crippen molar-refractivity contribution in [3.63, 3.8) is 0 Å². The van der Waals surface area contributed by atoms with Crippen molar-refractivity contribution in [3.05, 3.63) is 70.7 Å². The van der Waals surface area contributed by atoms with Gasteiger partial charge in [-0.1, -0.05) is 11.6 Å². The quantitative estimate of drug-likeness (QED) is 0.736. The Hall–Kier alpha value is -2.99. The third-order valence-corrected chi connectivity index (χ3v) is 4.18. The van der Waals surface area contributed by atoms with Gasteiger partial charge in [0.15, 0.2) is 11.5 Å². The molecule has 0 spiro atoms. The first-order valence-corrected chi connectivity index (χ1v) is 8.20. The van der Waals surface area contributed by atoms with Gasteiger partial charge in [-0.15, -0.1) is 0 Å². The Bertz CT molecular complexity index is 968. The van der Waals surface area contributed by atoms with Crippen LogP contribution in [0.5, 0.6) is 11.5 Å². The molecule has 1 aliphatic heterocycles. The van der Waals surface area contributed by atoms with E-state index >= 15 is 0 Å². The van der Waals surface area contributed by atoms with Crippen LogP contribution in [0.2, 0.25) is 5.02 Å². The summed E-state index contributed by atoms with van der Waals surface area (Å²) in [7, 11) is 0. The largest absolute Gasteiger partial charge is 0.459 e. The van der Waals surface area contributed by atoms with Crippen LogP contribution in [0.4, 0.5) is 4.39 Å². The summed E-state index contributed by atoms with van der Waals surface area (Å²) in [5.41, 5.74) is 1.12. The summed E-state index contributed by atoms with van der Waals surface area (Å²) in [5.74, 6) is 1.43. The van der Waals surface area contributed by atoms with E-state index in [1.165, 1.54) is 18.2 Å². The number of furan rings is 1. The molecule has 1 aliphatic rings. The lowest BCUT2D eigenvalue weighted by Gasteiger charge is -2.06. The molecule has 2 aromatic carbocycles. The van der Waals surface area contributed by atoms with Crippen LogP contribution in [-0.2, 0) is 6.54 Å². The molecular weight excluding hydrogens is 361 g/mol. The second-order valence-corrected chi connectivity index (χ2v) is 6.05. The third-order valence-electron chi connectivity index (χ3n) is 3.90. The van der Waals surface area contributed by atoms with Gasteiger partial charge in [0.25, 0.3) is 5.91 Å². The first-order chi connectivity index (χ1) is 12.6. The van der Waals surface area contributed by atoms with Gasteiger partial charge in [-0.25, -0.2) is 4.39 Å².